The molecule has 0 saturated carbocycles. The quantitative estimate of drug-likeness (QED) is 0.356. The van der Waals surface area contributed by atoms with Gasteiger partial charge in [-0.25, -0.2) is 10.4 Å². The van der Waals surface area contributed by atoms with E-state index in [1.165, 1.54) is 25.3 Å². The molecule has 0 unspecified atom stereocenters. The summed E-state index contributed by atoms with van der Waals surface area (Å²) in [6.07, 6.45) is 6.95. The highest BCUT2D eigenvalue weighted by molar-refractivity contribution is 5.81. The van der Waals surface area contributed by atoms with Crippen molar-refractivity contribution in [2.75, 3.05) is 19.1 Å². The molecule has 27 heavy (non-hydrogen) atoms. The molecule has 0 fully saturated rings. The van der Waals surface area contributed by atoms with Crippen LogP contribution in [0.5, 0.6) is 11.5 Å². The van der Waals surface area contributed by atoms with Gasteiger partial charge in [-0.3, -0.25) is 9.78 Å². The molecule has 0 spiro atoms. The molecule has 0 aliphatic carbocycles. The van der Waals surface area contributed by atoms with Crippen molar-refractivity contribution in [2.45, 2.75) is 46.0 Å². The van der Waals surface area contributed by atoms with Crippen molar-refractivity contribution in [3.8, 4) is 11.5 Å². The number of hydrogen-bond donors (Lipinski definition) is 2. The summed E-state index contributed by atoms with van der Waals surface area (Å²) in [5, 5.41) is 4.13. The first-order chi connectivity index (χ1) is 13.2. The summed E-state index contributed by atoms with van der Waals surface area (Å²) in [5.41, 5.74) is 4.09. The van der Waals surface area contributed by atoms with Crippen molar-refractivity contribution in [3.05, 3.63) is 45.9 Å². The Labute approximate surface area is 159 Å². The Morgan fingerprint density at radius 3 is 2.78 bits per heavy atom. The molecule has 2 rings (SSSR count). The summed E-state index contributed by atoms with van der Waals surface area (Å²) in [7, 11) is 1.61. The van der Waals surface area contributed by atoms with Crippen molar-refractivity contribution in [1.82, 2.24) is 9.97 Å². The average Bonchev–Trinajstić information content (AvgIpc) is 2.68. The van der Waals surface area contributed by atoms with Gasteiger partial charge in [-0.2, -0.15) is 5.10 Å². The average molecular weight is 372 g/mol. The Morgan fingerprint density at radius 1 is 1.19 bits per heavy atom. The lowest BCUT2D eigenvalue weighted by Crippen LogP contribution is -2.11. The predicted octanol–water partition coefficient (Wildman–Crippen LogP) is 3.75. The fraction of sp³-hybridized carbons (Fsp3) is 0.450. The molecule has 0 aliphatic rings. The second kappa shape index (κ2) is 11.0. The summed E-state index contributed by atoms with van der Waals surface area (Å²) in [6.45, 7) is 4.81. The molecule has 2 aromatic rings. The second-order valence-corrected chi connectivity index (χ2v) is 6.13. The molecular formula is C20H28N4O3. The van der Waals surface area contributed by atoms with Gasteiger partial charge in [-0.05, 0) is 36.6 Å². The number of rotatable bonds is 11. The van der Waals surface area contributed by atoms with Crippen LogP contribution in [0, 0.1) is 0 Å². The Bertz CT molecular complexity index is 802. The molecule has 1 aromatic carbocycles. The molecule has 0 saturated heterocycles. The van der Waals surface area contributed by atoms with E-state index in [1.807, 2.05) is 25.1 Å². The zero-order valence-corrected chi connectivity index (χ0v) is 16.2. The molecule has 7 heteroatoms. The molecule has 0 bridgehead atoms. The van der Waals surface area contributed by atoms with Crippen molar-refractivity contribution >= 4 is 12.2 Å². The lowest BCUT2D eigenvalue weighted by molar-refractivity contribution is 0.285. The largest absolute Gasteiger partial charge is 0.493 e. The van der Waals surface area contributed by atoms with E-state index in [9.17, 15) is 4.79 Å². The Balaban J connectivity index is 1.97. The van der Waals surface area contributed by atoms with Gasteiger partial charge in [0.1, 0.15) is 0 Å². The van der Waals surface area contributed by atoms with Gasteiger partial charge in [-0.15, -0.1) is 0 Å². The molecule has 7 nitrogen and oxygen atoms in total. The first kappa shape index (κ1) is 20.5. The van der Waals surface area contributed by atoms with Crippen LogP contribution in [0.25, 0.3) is 0 Å². The number of nitrogens with zero attached hydrogens (tertiary/aromatic N) is 2. The number of H-pyrrole nitrogens is 1. The summed E-state index contributed by atoms with van der Waals surface area (Å²) in [5.74, 6) is 1.70. The maximum absolute atomic E-state index is 11.6. The zero-order valence-electron chi connectivity index (χ0n) is 16.2. The van der Waals surface area contributed by atoms with Crippen LogP contribution in [-0.4, -0.2) is 29.9 Å². The van der Waals surface area contributed by atoms with E-state index in [2.05, 4.69) is 27.4 Å². The smallest absolute Gasteiger partial charge is 0.252 e. The van der Waals surface area contributed by atoms with Crippen LogP contribution >= 0.6 is 0 Å². The molecule has 0 aliphatic heterocycles. The maximum atomic E-state index is 11.6. The predicted molar refractivity (Wildman–Crippen MR) is 108 cm³/mol. The van der Waals surface area contributed by atoms with Crippen LogP contribution in [0.1, 0.15) is 50.8 Å². The number of aromatic amines is 1. The number of anilines is 1. The van der Waals surface area contributed by atoms with E-state index >= 15 is 0 Å². The number of hydrazone groups is 1. The van der Waals surface area contributed by atoms with E-state index < -0.39 is 0 Å². The first-order valence-corrected chi connectivity index (χ1v) is 9.36. The maximum Gasteiger partial charge on any atom is 0.252 e. The number of ether oxygens (including phenoxy) is 2. The topological polar surface area (TPSA) is 88.6 Å². The van der Waals surface area contributed by atoms with Crippen molar-refractivity contribution in [1.29, 1.82) is 0 Å². The number of benzene rings is 1. The van der Waals surface area contributed by atoms with Crippen molar-refractivity contribution in [3.63, 3.8) is 0 Å². The van der Waals surface area contributed by atoms with E-state index in [4.69, 9.17) is 9.47 Å². The van der Waals surface area contributed by atoms with Crippen LogP contribution < -0.4 is 20.5 Å². The van der Waals surface area contributed by atoms with E-state index in [1.54, 1.807) is 13.3 Å². The van der Waals surface area contributed by atoms with E-state index in [0.717, 1.165) is 17.7 Å². The molecule has 0 atom stereocenters. The first-order valence-electron chi connectivity index (χ1n) is 9.36. The van der Waals surface area contributed by atoms with Gasteiger partial charge >= 0.3 is 0 Å². The van der Waals surface area contributed by atoms with Gasteiger partial charge < -0.3 is 9.47 Å². The highest BCUT2D eigenvalue weighted by Gasteiger charge is 2.05. The summed E-state index contributed by atoms with van der Waals surface area (Å²) >= 11 is 0. The minimum absolute atomic E-state index is 0.207. The minimum atomic E-state index is -0.207. The Kier molecular flexibility index (Phi) is 8.35. The fourth-order valence-corrected chi connectivity index (χ4v) is 2.50. The third kappa shape index (κ3) is 6.77. The van der Waals surface area contributed by atoms with Gasteiger partial charge in [-0.1, -0.05) is 33.1 Å². The van der Waals surface area contributed by atoms with Gasteiger partial charge in [0.15, 0.2) is 11.5 Å². The monoisotopic (exact) mass is 372 g/mol. The fourth-order valence-electron chi connectivity index (χ4n) is 2.50. The van der Waals surface area contributed by atoms with Crippen LogP contribution in [0.4, 0.5) is 5.95 Å². The molecule has 1 aromatic heterocycles. The Morgan fingerprint density at radius 2 is 2.04 bits per heavy atom. The summed E-state index contributed by atoms with van der Waals surface area (Å²) < 4.78 is 11.2. The molecule has 2 N–H and O–H groups in total. The zero-order chi connectivity index (χ0) is 19.5. The van der Waals surface area contributed by atoms with Gasteiger partial charge in [0.2, 0.25) is 5.95 Å². The Hall–Kier alpha value is -2.83. The number of unbranched alkanes of at least 4 members (excludes halogenated alkanes) is 3. The second-order valence-electron chi connectivity index (χ2n) is 6.13. The third-order valence-corrected chi connectivity index (χ3v) is 3.98. The summed E-state index contributed by atoms with van der Waals surface area (Å²) in [4.78, 5) is 18.4. The lowest BCUT2D eigenvalue weighted by Gasteiger charge is -2.11. The number of hydrogen-bond acceptors (Lipinski definition) is 6. The lowest BCUT2D eigenvalue weighted by atomic mass is 10.2. The van der Waals surface area contributed by atoms with Gasteiger partial charge in [0, 0.05) is 11.8 Å². The number of methoxy groups -OCH3 is 1. The molecule has 146 valence electrons. The highest BCUT2D eigenvalue weighted by atomic mass is 16.5. The van der Waals surface area contributed by atoms with Crippen LogP contribution in [0.2, 0.25) is 0 Å². The third-order valence-electron chi connectivity index (χ3n) is 3.98. The van der Waals surface area contributed by atoms with Crippen molar-refractivity contribution in [2.24, 2.45) is 5.10 Å². The highest BCUT2D eigenvalue weighted by Crippen LogP contribution is 2.27. The summed E-state index contributed by atoms with van der Waals surface area (Å²) in [6, 6.07) is 7.09. The van der Waals surface area contributed by atoms with Gasteiger partial charge in [0.25, 0.3) is 5.56 Å². The normalized spacial score (nSPS) is 10.9. The minimum Gasteiger partial charge on any atom is -0.493 e. The molecule has 0 radical (unpaired) electrons. The van der Waals surface area contributed by atoms with Gasteiger partial charge in [0.05, 0.1) is 19.9 Å². The van der Waals surface area contributed by atoms with Crippen molar-refractivity contribution < 1.29 is 9.47 Å². The molecule has 0 amide bonds. The van der Waals surface area contributed by atoms with E-state index in [0.29, 0.717) is 30.4 Å². The SMILES string of the molecule is CCCCCCOc1ccc(/C=N\Nc2nc(CC)cc(=O)[nH]2)cc1OC. The van der Waals surface area contributed by atoms with Crippen LogP contribution in [-0.2, 0) is 6.42 Å². The van der Waals surface area contributed by atoms with Crippen LogP contribution in [0.3, 0.4) is 0 Å². The van der Waals surface area contributed by atoms with E-state index in [-0.39, 0.29) is 5.56 Å². The molecular weight excluding hydrogens is 344 g/mol. The number of aryl methyl sites for hydroxylation is 1. The molecule has 1 heterocycles. The standard InChI is InChI=1S/C20H28N4O3/c1-4-6-7-8-11-27-17-10-9-15(12-18(17)26-3)14-21-24-20-22-16(5-2)13-19(25)23-20/h9-10,12-14H,4-8,11H2,1-3H3,(H2,22,23,24,25)/b21-14-. The van der Waals surface area contributed by atoms with Crippen LogP contribution in [0.15, 0.2) is 34.2 Å². The number of nitrogens with one attached hydrogen (secondary N) is 2. The number of aromatic nitrogens is 2.